The molecule has 0 heteroatoms. The van der Waals surface area contributed by atoms with Crippen LogP contribution in [0.3, 0.4) is 0 Å². The Morgan fingerprint density at radius 3 is 2.31 bits per heavy atom. The zero-order valence-corrected chi connectivity index (χ0v) is 10.1. The Bertz CT molecular complexity index is 387. The summed E-state index contributed by atoms with van der Waals surface area (Å²) in [6, 6.07) is 8.75. The first-order chi connectivity index (χ1) is 7.69. The van der Waals surface area contributed by atoms with Gasteiger partial charge in [-0.15, -0.1) is 6.58 Å². The molecule has 1 aromatic carbocycles. The van der Waals surface area contributed by atoms with Crippen LogP contribution >= 0.6 is 0 Å². The van der Waals surface area contributed by atoms with Gasteiger partial charge in [0, 0.05) is 0 Å². The van der Waals surface area contributed by atoms with Crippen LogP contribution in [0.4, 0.5) is 0 Å². The summed E-state index contributed by atoms with van der Waals surface area (Å²) in [5, 5.41) is 0. The van der Waals surface area contributed by atoms with E-state index in [9.17, 15) is 0 Å². The van der Waals surface area contributed by atoms with Crippen molar-refractivity contribution in [2.24, 2.45) is 5.41 Å². The van der Waals surface area contributed by atoms with Crippen molar-refractivity contribution >= 4 is 0 Å². The molecule has 0 unspecified atom stereocenters. The molecular formula is C16H20. The molecule has 16 heavy (non-hydrogen) atoms. The molecule has 0 amide bonds. The molecule has 0 aromatic heterocycles. The van der Waals surface area contributed by atoms with Gasteiger partial charge in [0.2, 0.25) is 0 Å². The molecular weight excluding hydrogens is 192 g/mol. The first kappa shape index (κ1) is 11.2. The summed E-state index contributed by atoms with van der Waals surface area (Å²) >= 11 is 0. The first-order valence-electron chi connectivity index (χ1n) is 6.06. The van der Waals surface area contributed by atoms with Crippen molar-refractivity contribution in [3.8, 4) is 0 Å². The molecule has 0 fully saturated rings. The summed E-state index contributed by atoms with van der Waals surface area (Å²) in [5.41, 5.74) is 4.56. The average Bonchev–Trinajstić information content (AvgIpc) is 2.67. The maximum atomic E-state index is 4.14. The maximum absolute atomic E-state index is 4.14. The molecule has 1 aromatic rings. The minimum atomic E-state index is 0.233. The molecule has 0 saturated carbocycles. The van der Waals surface area contributed by atoms with Gasteiger partial charge >= 0.3 is 0 Å². The number of hydrogen-bond acceptors (Lipinski definition) is 0. The second-order valence-corrected chi connectivity index (χ2v) is 4.97. The van der Waals surface area contributed by atoms with Gasteiger partial charge < -0.3 is 0 Å². The van der Waals surface area contributed by atoms with Gasteiger partial charge in [-0.2, -0.15) is 0 Å². The lowest BCUT2D eigenvalue weighted by Crippen LogP contribution is -2.18. The fourth-order valence-electron chi connectivity index (χ4n) is 2.69. The predicted octanol–water partition coefficient (Wildman–Crippen LogP) is 4.31. The van der Waals surface area contributed by atoms with E-state index in [0.717, 1.165) is 25.7 Å². The Labute approximate surface area is 98.7 Å². The van der Waals surface area contributed by atoms with E-state index >= 15 is 0 Å². The topological polar surface area (TPSA) is 0 Å². The highest BCUT2D eigenvalue weighted by molar-refractivity contribution is 5.37. The molecule has 0 aliphatic heterocycles. The first-order valence-corrected chi connectivity index (χ1v) is 6.06. The van der Waals surface area contributed by atoms with Crippen LogP contribution in [-0.2, 0) is 12.8 Å². The number of benzene rings is 1. The van der Waals surface area contributed by atoms with Gasteiger partial charge in [0.25, 0.3) is 0 Å². The van der Waals surface area contributed by atoms with Gasteiger partial charge in [0.15, 0.2) is 0 Å². The van der Waals surface area contributed by atoms with Crippen molar-refractivity contribution in [1.82, 2.24) is 0 Å². The van der Waals surface area contributed by atoms with E-state index in [1.54, 1.807) is 0 Å². The van der Waals surface area contributed by atoms with Crippen LogP contribution in [0.5, 0.6) is 0 Å². The molecule has 2 rings (SSSR count). The Kier molecular flexibility index (Phi) is 3.00. The fraction of sp³-hybridized carbons (Fsp3) is 0.375. The average molecular weight is 212 g/mol. The Hall–Kier alpha value is -1.30. The normalized spacial score (nSPS) is 16.8. The van der Waals surface area contributed by atoms with Crippen molar-refractivity contribution in [3.63, 3.8) is 0 Å². The predicted molar refractivity (Wildman–Crippen MR) is 70.5 cm³/mol. The quantitative estimate of drug-likeness (QED) is 0.652. The van der Waals surface area contributed by atoms with E-state index in [-0.39, 0.29) is 5.41 Å². The van der Waals surface area contributed by atoms with E-state index in [0.29, 0.717) is 0 Å². The van der Waals surface area contributed by atoms with E-state index in [1.165, 1.54) is 16.7 Å². The number of rotatable bonds is 4. The van der Waals surface area contributed by atoms with Gasteiger partial charge in [0.05, 0.1) is 0 Å². The smallest absolute Gasteiger partial charge is 0.000305 e. The summed E-state index contributed by atoms with van der Waals surface area (Å²) in [7, 11) is 0. The van der Waals surface area contributed by atoms with Gasteiger partial charge in [0.1, 0.15) is 0 Å². The number of fused-ring (bicyclic) bond motifs is 1. The third-order valence-corrected chi connectivity index (χ3v) is 3.74. The van der Waals surface area contributed by atoms with Crippen LogP contribution in [0.2, 0.25) is 0 Å². The second-order valence-electron chi connectivity index (χ2n) is 4.97. The Morgan fingerprint density at radius 2 is 1.88 bits per heavy atom. The molecule has 0 spiro atoms. The molecule has 0 heterocycles. The van der Waals surface area contributed by atoms with Gasteiger partial charge in [-0.05, 0) is 42.2 Å². The van der Waals surface area contributed by atoms with Crippen LogP contribution in [0.1, 0.15) is 30.9 Å². The van der Waals surface area contributed by atoms with Crippen molar-refractivity contribution in [3.05, 3.63) is 60.2 Å². The highest BCUT2D eigenvalue weighted by Crippen LogP contribution is 2.42. The van der Waals surface area contributed by atoms with E-state index in [4.69, 9.17) is 0 Å². The minimum absolute atomic E-state index is 0.233. The Morgan fingerprint density at radius 1 is 1.31 bits per heavy atom. The fourth-order valence-corrected chi connectivity index (χ4v) is 2.69. The molecule has 0 radical (unpaired) electrons. The van der Waals surface area contributed by atoms with Gasteiger partial charge in [-0.1, -0.05) is 49.4 Å². The van der Waals surface area contributed by atoms with E-state index in [1.807, 2.05) is 0 Å². The molecule has 0 nitrogen and oxygen atoms in total. The zero-order valence-electron chi connectivity index (χ0n) is 10.1. The maximum Gasteiger partial charge on any atom is -0.000305 e. The van der Waals surface area contributed by atoms with Crippen molar-refractivity contribution in [1.29, 1.82) is 0 Å². The van der Waals surface area contributed by atoms with Crippen molar-refractivity contribution < 1.29 is 0 Å². The highest BCUT2D eigenvalue weighted by Gasteiger charge is 2.34. The SMILES string of the molecule is C=CC1(CC(=C)CC)Cc2ccccc2C1. The number of allylic oxidation sites excluding steroid dienone is 2. The minimum Gasteiger partial charge on any atom is -0.102 e. The molecule has 84 valence electrons. The molecule has 0 N–H and O–H groups in total. The van der Waals surface area contributed by atoms with E-state index in [2.05, 4.69) is 50.4 Å². The van der Waals surface area contributed by atoms with E-state index < -0.39 is 0 Å². The summed E-state index contributed by atoms with van der Waals surface area (Å²) in [6.07, 6.45) is 6.57. The molecule has 0 bridgehead atoms. The highest BCUT2D eigenvalue weighted by atomic mass is 14.4. The van der Waals surface area contributed by atoms with Crippen LogP contribution in [-0.4, -0.2) is 0 Å². The molecule has 1 aliphatic rings. The second kappa shape index (κ2) is 4.29. The lowest BCUT2D eigenvalue weighted by molar-refractivity contribution is 0.400. The van der Waals surface area contributed by atoms with Crippen LogP contribution in [0.15, 0.2) is 49.1 Å². The van der Waals surface area contributed by atoms with Crippen LogP contribution in [0, 0.1) is 5.41 Å². The monoisotopic (exact) mass is 212 g/mol. The lowest BCUT2D eigenvalue weighted by Gasteiger charge is -2.25. The number of hydrogen-bond donors (Lipinski definition) is 0. The lowest BCUT2D eigenvalue weighted by atomic mass is 9.78. The third kappa shape index (κ3) is 1.97. The zero-order chi connectivity index (χ0) is 11.6. The van der Waals surface area contributed by atoms with Crippen molar-refractivity contribution in [2.45, 2.75) is 32.6 Å². The van der Waals surface area contributed by atoms with Crippen LogP contribution < -0.4 is 0 Å². The molecule has 1 aliphatic carbocycles. The molecule has 0 saturated heterocycles. The Balaban J connectivity index is 2.22. The van der Waals surface area contributed by atoms with Gasteiger partial charge in [-0.25, -0.2) is 0 Å². The van der Waals surface area contributed by atoms with Gasteiger partial charge in [-0.3, -0.25) is 0 Å². The largest absolute Gasteiger partial charge is 0.102 e. The summed E-state index contributed by atoms with van der Waals surface area (Å²) in [4.78, 5) is 0. The molecule has 0 atom stereocenters. The summed E-state index contributed by atoms with van der Waals surface area (Å²) in [6.45, 7) is 10.4. The van der Waals surface area contributed by atoms with Crippen LogP contribution in [0.25, 0.3) is 0 Å². The standard InChI is InChI=1S/C16H20/c1-4-13(3)10-16(5-2)11-14-8-6-7-9-15(14)12-16/h5-9H,2-4,10-12H2,1H3. The third-order valence-electron chi connectivity index (χ3n) is 3.74. The summed E-state index contributed by atoms with van der Waals surface area (Å²) < 4.78 is 0. The van der Waals surface area contributed by atoms with Crippen molar-refractivity contribution in [2.75, 3.05) is 0 Å². The summed E-state index contributed by atoms with van der Waals surface area (Å²) in [5.74, 6) is 0.